The zero-order chi connectivity index (χ0) is 19.4. The Hall–Kier alpha value is -2.00. The van der Waals surface area contributed by atoms with E-state index in [1.165, 1.54) is 17.8 Å². The first-order chi connectivity index (χ1) is 13.0. The van der Waals surface area contributed by atoms with Gasteiger partial charge in [-0.3, -0.25) is 9.36 Å². The highest BCUT2D eigenvalue weighted by Gasteiger charge is 2.22. The largest absolute Gasteiger partial charge is 0.378 e. The van der Waals surface area contributed by atoms with Crippen molar-refractivity contribution in [3.8, 4) is 0 Å². The minimum atomic E-state index is -1.02. The summed E-state index contributed by atoms with van der Waals surface area (Å²) in [5.74, 6) is -1.05. The van der Waals surface area contributed by atoms with Gasteiger partial charge in [-0.2, -0.15) is 0 Å². The molecule has 6 nitrogen and oxygen atoms in total. The highest BCUT2D eigenvalue weighted by atomic mass is 32.2. The summed E-state index contributed by atoms with van der Waals surface area (Å²) in [4.78, 5) is 14.5. The third-order valence-corrected chi connectivity index (χ3v) is 5.08. The molecule has 27 heavy (non-hydrogen) atoms. The Balaban J connectivity index is 1.74. The molecule has 1 fully saturated rings. The fraction of sp³-hybridized carbons (Fsp3) is 0.500. The number of ketones is 1. The molecule has 0 aliphatic carbocycles. The van der Waals surface area contributed by atoms with Crippen LogP contribution in [0, 0.1) is 17.6 Å². The Bertz CT molecular complexity index is 807. The molecule has 2 aromatic rings. The summed E-state index contributed by atoms with van der Waals surface area (Å²) in [6.07, 6.45) is 0. The predicted molar refractivity (Wildman–Crippen MR) is 99.3 cm³/mol. The topological polar surface area (TPSA) is 60.2 Å². The Morgan fingerprint density at radius 2 is 1.96 bits per heavy atom. The molecule has 2 heterocycles. The van der Waals surface area contributed by atoms with E-state index < -0.39 is 11.6 Å². The van der Waals surface area contributed by atoms with Crippen molar-refractivity contribution in [2.45, 2.75) is 25.5 Å². The summed E-state index contributed by atoms with van der Waals surface area (Å²) in [5.41, 5.74) is 0.143. The summed E-state index contributed by atoms with van der Waals surface area (Å²) in [6, 6.07) is 3.18. The number of carbonyl (C=O) groups is 1. The summed E-state index contributed by atoms with van der Waals surface area (Å²) in [6.45, 7) is 7.70. The number of nitrogens with zero attached hydrogens (tertiary/aromatic N) is 4. The number of morpholine rings is 1. The van der Waals surface area contributed by atoms with E-state index >= 15 is 0 Å². The van der Waals surface area contributed by atoms with Gasteiger partial charge in [0.25, 0.3) is 0 Å². The molecule has 1 aliphatic rings. The molecule has 0 unspecified atom stereocenters. The maximum absolute atomic E-state index is 13.3. The first-order valence-electron chi connectivity index (χ1n) is 8.82. The van der Waals surface area contributed by atoms with Gasteiger partial charge in [0, 0.05) is 25.2 Å². The molecule has 0 bridgehead atoms. The number of rotatable bonds is 7. The molecule has 1 aromatic carbocycles. The van der Waals surface area contributed by atoms with Crippen molar-refractivity contribution < 1.29 is 18.3 Å². The number of Topliss-reactive ketones (excluding diaryl/α,β-unsaturated/α-hetero) is 1. The van der Waals surface area contributed by atoms with Gasteiger partial charge >= 0.3 is 0 Å². The lowest BCUT2D eigenvalue weighted by molar-refractivity contribution is 0.102. The molecule has 0 saturated carbocycles. The van der Waals surface area contributed by atoms with E-state index in [0.717, 1.165) is 37.7 Å². The average molecular weight is 396 g/mol. The normalized spacial score (nSPS) is 14.8. The maximum Gasteiger partial charge on any atom is 0.228 e. The zero-order valence-corrected chi connectivity index (χ0v) is 16.1. The molecule has 1 aromatic heterocycles. The van der Waals surface area contributed by atoms with Crippen LogP contribution < -0.4 is 4.90 Å². The second-order valence-electron chi connectivity index (χ2n) is 6.73. The SMILES string of the molecule is CC(C)Cn1c(SCC(=O)c2ccc(F)c(F)c2)nnc1N1CCOCC1. The number of ether oxygens (including phenoxy) is 1. The minimum absolute atomic E-state index is 0.0738. The van der Waals surface area contributed by atoms with E-state index in [-0.39, 0.29) is 17.1 Å². The van der Waals surface area contributed by atoms with Gasteiger partial charge in [0.15, 0.2) is 22.6 Å². The third kappa shape index (κ3) is 4.84. The summed E-state index contributed by atoms with van der Waals surface area (Å²) in [7, 11) is 0. The summed E-state index contributed by atoms with van der Waals surface area (Å²) in [5, 5.41) is 9.20. The predicted octanol–water partition coefficient (Wildman–Crippen LogP) is 3.02. The summed E-state index contributed by atoms with van der Waals surface area (Å²) < 4.78 is 33.8. The lowest BCUT2D eigenvalue weighted by Crippen LogP contribution is -2.38. The second kappa shape index (κ2) is 8.79. The summed E-state index contributed by atoms with van der Waals surface area (Å²) >= 11 is 1.25. The standard InChI is InChI=1S/C18H22F2N4O2S/c1-12(2)10-24-17(23-5-7-26-8-6-23)21-22-18(24)27-11-16(25)13-3-4-14(19)15(20)9-13/h3-4,9,12H,5-8,10-11H2,1-2H3. The van der Waals surface area contributed by atoms with Gasteiger partial charge in [0.1, 0.15) is 0 Å². The number of halogens is 2. The first kappa shape index (κ1) is 19.8. The number of aromatic nitrogens is 3. The molecular formula is C18H22F2N4O2S. The van der Waals surface area contributed by atoms with Gasteiger partial charge in [0.05, 0.1) is 19.0 Å². The lowest BCUT2D eigenvalue weighted by Gasteiger charge is -2.28. The van der Waals surface area contributed by atoms with Crippen LogP contribution in [0.2, 0.25) is 0 Å². The van der Waals surface area contributed by atoms with E-state index in [2.05, 4.69) is 28.9 Å². The van der Waals surface area contributed by atoms with Gasteiger partial charge in [0.2, 0.25) is 5.95 Å². The first-order valence-corrected chi connectivity index (χ1v) is 9.81. The Morgan fingerprint density at radius 1 is 1.22 bits per heavy atom. The number of anilines is 1. The van der Waals surface area contributed by atoms with Crippen LogP contribution in [0.15, 0.2) is 23.4 Å². The second-order valence-corrected chi connectivity index (χ2v) is 7.67. The lowest BCUT2D eigenvalue weighted by atomic mass is 10.1. The Labute approximate surface area is 160 Å². The van der Waals surface area contributed by atoms with Crippen molar-refractivity contribution in [1.82, 2.24) is 14.8 Å². The number of hydrogen-bond donors (Lipinski definition) is 0. The smallest absolute Gasteiger partial charge is 0.228 e. The van der Waals surface area contributed by atoms with E-state index in [4.69, 9.17) is 4.74 Å². The molecule has 0 atom stereocenters. The van der Waals surface area contributed by atoms with Crippen LogP contribution in [-0.4, -0.2) is 52.6 Å². The zero-order valence-electron chi connectivity index (χ0n) is 15.3. The van der Waals surface area contributed by atoms with Crippen molar-refractivity contribution in [3.05, 3.63) is 35.4 Å². The van der Waals surface area contributed by atoms with E-state index in [1.54, 1.807) is 0 Å². The molecule has 3 rings (SSSR count). The van der Waals surface area contributed by atoms with Crippen molar-refractivity contribution in [2.24, 2.45) is 5.92 Å². The molecule has 146 valence electrons. The van der Waals surface area contributed by atoms with E-state index in [0.29, 0.717) is 24.3 Å². The minimum Gasteiger partial charge on any atom is -0.378 e. The number of benzene rings is 1. The fourth-order valence-corrected chi connectivity index (χ4v) is 3.63. The van der Waals surface area contributed by atoms with Crippen molar-refractivity contribution in [1.29, 1.82) is 0 Å². The van der Waals surface area contributed by atoms with Crippen molar-refractivity contribution in [3.63, 3.8) is 0 Å². The van der Waals surface area contributed by atoms with Crippen molar-refractivity contribution >= 4 is 23.5 Å². The molecule has 0 radical (unpaired) electrons. The molecule has 1 aliphatic heterocycles. The van der Waals surface area contributed by atoms with Crippen molar-refractivity contribution in [2.75, 3.05) is 37.0 Å². The van der Waals surface area contributed by atoms with Gasteiger partial charge < -0.3 is 9.64 Å². The molecule has 1 saturated heterocycles. The average Bonchev–Trinajstić information content (AvgIpc) is 3.04. The number of thioether (sulfide) groups is 1. The molecule has 0 N–H and O–H groups in total. The molecule has 9 heteroatoms. The van der Waals surface area contributed by atoms with Crippen LogP contribution in [0.3, 0.4) is 0 Å². The molecule has 0 amide bonds. The van der Waals surface area contributed by atoms with E-state index in [9.17, 15) is 13.6 Å². The van der Waals surface area contributed by atoms with E-state index in [1.807, 2.05) is 4.57 Å². The van der Waals surface area contributed by atoms with Crippen LogP contribution in [-0.2, 0) is 11.3 Å². The number of hydrogen-bond acceptors (Lipinski definition) is 6. The maximum atomic E-state index is 13.3. The molecular weight excluding hydrogens is 374 g/mol. The third-order valence-electron chi connectivity index (χ3n) is 4.11. The van der Waals surface area contributed by atoms with Gasteiger partial charge in [-0.1, -0.05) is 25.6 Å². The number of carbonyl (C=O) groups excluding carboxylic acids is 1. The Kier molecular flexibility index (Phi) is 6.43. The highest BCUT2D eigenvalue weighted by molar-refractivity contribution is 7.99. The van der Waals surface area contributed by atoms with Crippen LogP contribution in [0.5, 0.6) is 0 Å². The monoisotopic (exact) mass is 396 g/mol. The van der Waals surface area contributed by atoms with Gasteiger partial charge in [-0.25, -0.2) is 8.78 Å². The Morgan fingerprint density at radius 3 is 2.63 bits per heavy atom. The van der Waals surface area contributed by atoms with Crippen LogP contribution >= 0.6 is 11.8 Å². The van der Waals surface area contributed by atoms with Gasteiger partial charge in [-0.15, -0.1) is 10.2 Å². The van der Waals surface area contributed by atoms with Crippen LogP contribution in [0.25, 0.3) is 0 Å². The van der Waals surface area contributed by atoms with Gasteiger partial charge in [-0.05, 0) is 24.1 Å². The van der Waals surface area contributed by atoms with Crippen LogP contribution in [0.1, 0.15) is 24.2 Å². The molecule has 0 spiro atoms. The quantitative estimate of drug-likeness (QED) is 0.530. The highest BCUT2D eigenvalue weighted by Crippen LogP contribution is 2.25. The van der Waals surface area contributed by atoms with Crippen LogP contribution in [0.4, 0.5) is 14.7 Å². The fourth-order valence-electron chi connectivity index (χ4n) is 2.79.